The molecule has 0 heterocycles. The summed E-state index contributed by atoms with van der Waals surface area (Å²) >= 11 is 0. The fourth-order valence-corrected chi connectivity index (χ4v) is 3.24. The standard InChI is InChI=1S/C25H36N4O3/c1-5-26-25(28-17-15-20-9-12-22(13-10-20)29-19(3)30)27-16-7-8-21-11-14-23(31-4)24(18-21)32-6-2/h9-14,18H,5-8,15-17H2,1-4H3,(H,29,30)(H2,26,27,28). The van der Waals surface area contributed by atoms with Crippen molar-refractivity contribution in [1.29, 1.82) is 0 Å². The van der Waals surface area contributed by atoms with E-state index in [0.29, 0.717) is 6.61 Å². The van der Waals surface area contributed by atoms with Gasteiger partial charge in [0.1, 0.15) is 0 Å². The summed E-state index contributed by atoms with van der Waals surface area (Å²) < 4.78 is 11.0. The molecule has 0 fully saturated rings. The molecule has 0 saturated heterocycles. The van der Waals surface area contributed by atoms with Crippen LogP contribution in [0.1, 0.15) is 38.3 Å². The Morgan fingerprint density at radius 3 is 2.38 bits per heavy atom. The normalized spacial score (nSPS) is 11.1. The second-order valence-corrected chi connectivity index (χ2v) is 7.34. The summed E-state index contributed by atoms with van der Waals surface area (Å²) in [7, 11) is 1.66. The minimum Gasteiger partial charge on any atom is -0.493 e. The van der Waals surface area contributed by atoms with Crippen LogP contribution in [0.3, 0.4) is 0 Å². The third-order valence-electron chi connectivity index (χ3n) is 4.75. The van der Waals surface area contributed by atoms with Gasteiger partial charge in [-0.05, 0) is 68.5 Å². The topological polar surface area (TPSA) is 84.0 Å². The zero-order valence-corrected chi connectivity index (χ0v) is 19.7. The van der Waals surface area contributed by atoms with Gasteiger partial charge in [-0.25, -0.2) is 0 Å². The van der Waals surface area contributed by atoms with Crippen LogP contribution in [0.5, 0.6) is 11.5 Å². The van der Waals surface area contributed by atoms with Crippen molar-refractivity contribution in [3.8, 4) is 11.5 Å². The molecule has 3 N–H and O–H groups in total. The highest BCUT2D eigenvalue weighted by molar-refractivity contribution is 5.88. The lowest BCUT2D eigenvalue weighted by Gasteiger charge is -2.12. The number of nitrogens with zero attached hydrogens (tertiary/aromatic N) is 1. The summed E-state index contributed by atoms with van der Waals surface area (Å²) in [6, 6.07) is 14.0. The summed E-state index contributed by atoms with van der Waals surface area (Å²) in [4.78, 5) is 15.8. The molecule has 0 atom stereocenters. The Morgan fingerprint density at radius 1 is 0.969 bits per heavy atom. The SMILES string of the molecule is CCNC(=NCCCc1ccc(OC)c(OCC)c1)NCCc1ccc(NC(C)=O)cc1. The number of aliphatic imine (C=N–C) groups is 1. The third kappa shape index (κ3) is 8.88. The number of anilines is 1. The van der Waals surface area contributed by atoms with E-state index in [1.54, 1.807) is 7.11 Å². The van der Waals surface area contributed by atoms with Crippen LogP contribution in [0.4, 0.5) is 5.69 Å². The maximum Gasteiger partial charge on any atom is 0.221 e. The molecule has 0 aliphatic carbocycles. The first-order chi connectivity index (χ1) is 15.5. The maximum atomic E-state index is 11.1. The van der Waals surface area contributed by atoms with Gasteiger partial charge in [-0.2, -0.15) is 0 Å². The van der Waals surface area contributed by atoms with Gasteiger partial charge < -0.3 is 25.4 Å². The molecule has 1 amide bonds. The van der Waals surface area contributed by atoms with Gasteiger partial charge in [0.25, 0.3) is 0 Å². The highest BCUT2D eigenvalue weighted by Gasteiger charge is 2.05. The minimum atomic E-state index is -0.0624. The lowest BCUT2D eigenvalue weighted by Crippen LogP contribution is -2.38. The first-order valence-corrected chi connectivity index (χ1v) is 11.2. The number of hydrogen-bond donors (Lipinski definition) is 3. The Kier molecular flexibility index (Phi) is 10.9. The first-order valence-electron chi connectivity index (χ1n) is 11.2. The van der Waals surface area contributed by atoms with Crippen LogP contribution in [0.25, 0.3) is 0 Å². The van der Waals surface area contributed by atoms with Crippen molar-refractivity contribution in [3.63, 3.8) is 0 Å². The van der Waals surface area contributed by atoms with Gasteiger partial charge in [0.15, 0.2) is 17.5 Å². The molecule has 0 bridgehead atoms. The summed E-state index contributed by atoms with van der Waals surface area (Å²) in [5, 5.41) is 9.46. The van der Waals surface area contributed by atoms with Gasteiger partial charge in [0, 0.05) is 32.2 Å². The van der Waals surface area contributed by atoms with E-state index in [1.165, 1.54) is 18.1 Å². The van der Waals surface area contributed by atoms with Crippen molar-refractivity contribution < 1.29 is 14.3 Å². The predicted molar refractivity (Wildman–Crippen MR) is 131 cm³/mol. The van der Waals surface area contributed by atoms with E-state index in [4.69, 9.17) is 9.47 Å². The van der Waals surface area contributed by atoms with Crippen LogP contribution in [-0.4, -0.2) is 45.2 Å². The minimum absolute atomic E-state index is 0.0624. The van der Waals surface area contributed by atoms with Crippen LogP contribution in [-0.2, 0) is 17.6 Å². The molecule has 0 aromatic heterocycles. The van der Waals surface area contributed by atoms with E-state index < -0.39 is 0 Å². The number of aryl methyl sites for hydroxylation is 1. The van der Waals surface area contributed by atoms with E-state index >= 15 is 0 Å². The van der Waals surface area contributed by atoms with Crippen LogP contribution in [0, 0.1) is 0 Å². The molecule has 0 aliphatic rings. The van der Waals surface area contributed by atoms with E-state index in [9.17, 15) is 4.79 Å². The maximum absolute atomic E-state index is 11.1. The Labute approximate surface area is 191 Å². The highest BCUT2D eigenvalue weighted by atomic mass is 16.5. The predicted octanol–water partition coefficient (Wildman–Crippen LogP) is 3.78. The molecular formula is C25H36N4O3. The molecule has 7 heteroatoms. The molecular weight excluding hydrogens is 404 g/mol. The lowest BCUT2D eigenvalue weighted by atomic mass is 10.1. The van der Waals surface area contributed by atoms with Crippen molar-refractivity contribution in [3.05, 3.63) is 53.6 Å². The monoisotopic (exact) mass is 440 g/mol. The van der Waals surface area contributed by atoms with Crippen LogP contribution >= 0.6 is 0 Å². The van der Waals surface area contributed by atoms with Gasteiger partial charge in [0.2, 0.25) is 5.91 Å². The molecule has 0 unspecified atom stereocenters. The molecule has 2 aromatic rings. The molecule has 2 rings (SSSR count). The fourth-order valence-electron chi connectivity index (χ4n) is 3.24. The largest absolute Gasteiger partial charge is 0.493 e. The molecule has 174 valence electrons. The molecule has 0 radical (unpaired) electrons. The smallest absolute Gasteiger partial charge is 0.221 e. The number of nitrogens with one attached hydrogen (secondary N) is 3. The Bertz CT molecular complexity index is 866. The third-order valence-corrected chi connectivity index (χ3v) is 4.75. The number of amides is 1. The van der Waals surface area contributed by atoms with Crippen molar-refractivity contribution >= 4 is 17.6 Å². The Balaban J connectivity index is 1.80. The molecule has 7 nitrogen and oxygen atoms in total. The summed E-state index contributed by atoms with van der Waals surface area (Å²) in [6.45, 7) is 8.48. The zero-order valence-electron chi connectivity index (χ0n) is 19.7. The van der Waals surface area contributed by atoms with Crippen LogP contribution < -0.4 is 25.4 Å². The number of carbonyl (C=O) groups excluding carboxylic acids is 1. The molecule has 2 aromatic carbocycles. The Hall–Kier alpha value is -3.22. The summed E-state index contributed by atoms with van der Waals surface area (Å²) in [6.07, 6.45) is 2.74. The zero-order chi connectivity index (χ0) is 23.2. The lowest BCUT2D eigenvalue weighted by molar-refractivity contribution is -0.114. The molecule has 32 heavy (non-hydrogen) atoms. The fraction of sp³-hybridized carbons (Fsp3) is 0.440. The number of benzene rings is 2. The number of hydrogen-bond acceptors (Lipinski definition) is 4. The van der Waals surface area contributed by atoms with Crippen LogP contribution in [0.2, 0.25) is 0 Å². The quantitative estimate of drug-likeness (QED) is 0.266. The van der Waals surface area contributed by atoms with E-state index in [-0.39, 0.29) is 5.91 Å². The van der Waals surface area contributed by atoms with E-state index in [2.05, 4.69) is 33.9 Å². The average Bonchev–Trinajstić information content (AvgIpc) is 2.78. The van der Waals surface area contributed by atoms with Crippen molar-refractivity contribution in [2.75, 3.05) is 38.7 Å². The summed E-state index contributed by atoms with van der Waals surface area (Å²) in [5.74, 6) is 2.31. The second kappa shape index (κ2) is 14.0. The van der Waals surface area contributed by atoms with Gasteiger partial charge >= 0.3 is 0 Å². The van der Waals surface area contributed by atoms with Crippen LogP contribution in [0.15, 0.2) is 47.5 Å². The van der Waals surface area contributed by atoms with E-state index in [1.807, 2.05) is 43.3 Å². The number of carbonyl (C=O) groups is 1. The van der Waals surface area contributed by atoms with Crippen molar-refractivity contribution in [2.24, 2.45) is 4.99 Å². The highest BCUT2D eigenvalue weighted by Crippen LogP contribution is 2.28. The average molecular weight is 441 g/mol. The van der Waals surface area contributed by atoms with Gasteiger partial charge in [-0.1, -0.05) is 18.2 Å². The van der Waals surface area contributed by atoms with Gasteiger partial charge in [0.05, 0.1) is 13.7 Å². The number of guanidine groups is 1. The summed E-state index contributed by atoms with van der Waals surface area (Å²) in [5.41, 5.74) is 3.23. The second-order valence-electron chi connectivity index (χ2n) is 7.34. The Morgan fingerprint density at radius 2 is 1.72 bits per heavy atom. The van der Waals surface area contributed by atoms with Crippen molar-refractivity contribution in [1.82, 2.24) is 10.6 Å². The van der Waals surface area contributed by atoms with E-state index in [0.717, 1.165) is 62.0 Å². The number of rotatable bonds is 12. The van der Waals surface area contributed by atoms with Gasteiger partial charge in [-0.15, -0.1) is 0 Å². The molecule has 0 saturated carbocycles. The molecule has 0 spiro atoms. The van der Waals surface area contributed by atoms with Crippen molar-refractivity contribution in [2.45, 2.75) is 40.0 Å². The van der Waals surface area contributed by atoms with Gasteiger partial charge in [-0.3, -0.25) is 9.79 Å². The number of methoxy groups -OCH3 is 1. The number of ether oxygens (including phenoxy) is 2. The first kappa shape index (κ1) is 25.0. The molecule has 0 aliphatic heterocycles.